The largest absolute Gasteiger partial charge is 0.492 e. The topological polar surface area (TPSA) is 59.6 Å². The van der Waals surface area contributed by atoms with E-state index in [1.165, 1.54) is 11.1 Å². The molecule has 2 N–H and O–H groups in total. The Morgan fingerprint density at radius 1 is 1.38 bits per heavy atom. The van der Waals surface area contributed by atoms with Gasteiger partial charge in [-0.3, -0.25) is 4.79 Å². The normalized spacial score (nSPS) is 18.3. The summed E-state index contributed by atoms with van der Waals surface area (Å²) in [5.74, 6) is 0.881. The van der Waals surface area contributed by atoms with Crippen molar-refractivity contribution in [1.82, 2.24) is 10.6 Å². The number of benzene rings is 1. The fraction of sp³-hybridized carbons (Fsp3) is 0.562. The molecule has 0 bridgehead atoms. The van der Waals surface area contributed by atoms with Crippen LogP contribution in [0.25, 0.3) is 0 Å². The van der Waals surface area contributed by atoms with Gasteiger partial charge in [-0.15, -0.1) is 0 Å². The van der Waals surface area contributed by atoms with Crippen molar-refractivity contribution in [2.45, 2.75) is 26.3 Å². The van der Waals surface area contributed by atoms with Gasteiger partial charge in [0.05, 0.1) is 19.8 Å². The molecule has 0 aliphatic carbocycles. The van der Waals surface area contributed by atoms with Gasteiger partial charge in [0.15, 0.2) is 0 Å². The van der Waals surface area contributed by atoms with Crippen LogP contribution in [0.3, 0.4) is 0 Å². The summed E-state index contributed by atoms with van der Waals surface area (Å²) in [6.07, 6.45) is 0.448. The monoisotopic (exact) mass is 292 g/mol. The Bertz CT molecular complexity index is 450. The number of ether oxygens (including phenoxy) is 2. The Labute approximate surface area is 126 Å². The van der Waals surface area contributed by atoms with E-state index in [1.54, 1.807) is 0 Å². The van der Waals surface area contributed by atoms with Crippen LogP contribution in [0.2, 0.25) is 0 Å². The van der Waals surface area contributed by atoms with E-state index in [9.17, 15) is 4.79 Å². The van der Waals surface area contributed by atoms with E-state index in [-0.39, 0.29) is 11.9 Å². The van der Waals surface area contributed by atoms with Crippen molar-refractivity contribution in [2.24, 2.45) is 0 Å². The molecule has 0 aromatic heterocycles. The average molecular weight is 292 g/mol. The Kier molecular flexibility index (Phi) is 6.02. The van der Waals surface area contributed by atoms with Crippen LogP contribution in [-0.2, 0) is 9.53 Å². The smallest absolute Gasteiger partial charge is 0.221 e. The van der Waals surface area contributed by atoms with Crippen molar-refractivity contribution in [2.75, 3.05) is 32.9 Å². The number of carbonyl (C=O) groups excluding carboxylic acids is 1. The first kappa shape index (κ1) is 15.8. The molecule has 1 unspecified atom stereocenters. The Balaban J connectivity index is 1.63. The molecule has 116 valence electrons. The van der Waals surface area contributed by atoms with Crippen molar-refractivity contribution >= 4 is 5.91 Å². The van der Waals surface area contributed by atoms with E-state index >= 15 is 0 Å². The number of morpholine rings is 1. The number of aryl methyl sites for hydroxylation is 2. The number of rotatable bonds is 6. The predicted octanol–water partition coefficient (Wildman–Crippen LogP) is 1.18. The molecular weight excluding hydrogens is 268 g/mol. The molecule has 1 fully saturated rings. The summed E-state index contributed by atoms with van der Waals surface area (Å²) in [5.41, 5.74) is 2.36. The maximum Gasteiger partial charge on any atom is 0.221 e. The van der Waals surface area contributed by atoms with E-state index in [0.29, 0.717) is 26.2 Å². The third kappa shape index (κ3) is 5.73. The van der Waals surface area contributed by atoms with Crippen LogP contribution in [0.5, 0.6) is 5.75 Å². The van der Waals surface area contributed by atoms with Gasteiger partial charge in [0.1, 0.15) is 12.4 Å². The second kappa shape index (κ2) is 8.00. The van der Waals surface area contributed by atoms with Gasteiger partial charge in [-0.1, -0.05) is 6.07 Å². The molecule has 1 aromatic carbocycles. The van der Waals surface area contributed by atoms with Gasteiger partial charge in [0.25, 0.3) is 0 Å². The summed E-state index contributed by atoms with van der Waals surface area (Å²) in [4.78, 5) is 11.8. The fourth-order valence-electron chi connectivity index (χ4n) is 2.42. The van der Waals surface area contributed by atoms with Gasteiger partial charge in [-0.05, 0) is 37.1 Å². The molecular formula is C16H24N2O3. The SMILES string of the molecule is Cc1cc(C)cc(OCCNC(=O)CC2COCCN2)c1. The maximum atomic E-state index is 11.8. The fourth-order valence-corrected chi connectivity index (χ4v) is 2.42. The van der Waals surface area contributed by atoms with Crippen molar-refractivity contribution in [3.63, 3.8) is 0 Å². The van der Waals surface area contributed by atoms with Gasteiger partial charge in [-0.2, -0.15) is 0 Å². The summed E-state index contributed by atoms with van der Waals surface area (Å²) in [6.45, 7) is 7.21. The molecule has 1 aliphatic rings. The molecule has 0 saturated carbocycles. The van der Waals surface area contributed by atoms with Gasteiger partial charge < -0.3 is 20.1 Å². The lowest BCUT2D eigenvalue weighted by atomic mass is 10.1. The van der Waals surface area contributed by atoms with Crippen LogP contribution in [-0.4, -0.2) is 44.9 Å². The lowest BCUT2D eigenvalue weighted by Gasteiger charge is -2.23. The Morgan fingerprint density at radius 3 is 2.81 bits per heavy atom. The first-order valence-corrected chi connectivity index (χ1v) is 7.42. The highest BCUT2D eigenvalue weighted by molar-refractivity contribution is 5.76. The predicted molar refractivity (Wildman–Crippen MR) is 81.6 cm³/mol. The minimum atomic E-state index is 0.0297. The van der Waals surface area contributed by atoms with E-state index < -0.39 is 0 Å². The minimum absolute atomic E-state index is 0.0297. The van der Waals surface area contributed by atoms with Gasteiger partial charge >= 0.3 is 0 Å². The quantitative estimate of drug-likeness (QED) is 0.773. The van der Waals surface area contributed by atoms with Crippen LogP contribution in [0, 0.1) is 13.8 Å². The Hall–Kier alpha value is -1.59. The summed E-state index contributed by atoms with van der Waals surface area (Å²) < 4.78 is 11.0. The van der Waals surface area contributed by atoms with Crippen LogP contribution >= 0.6 is 0 Å². The highest BCUT2D eigenvalue weighted by Gasteiger charge is 2.16. The molecule has 1 aliphatic heterocycles. The molecule has 1 amide bonds. The molecule has 1 saturated heterocycles. The zero-order chi connectivity index (χ0) is 15.1. The van der Waals surface area contributed by atoms with Gasteiger partial charge in [-0.25, -0.2) is 0 Å². The lowest BCUT2D eigenvalue weighted by molar-refractivity contribution is -0.122. The van der Waals surface area contributed by atoms with Crippen LogP contribution < -0.4 is 15.4 Å². The van der Waals surface area contributed by atoms with Crippen molar-refractivity contribution in [3.05, 3.63) is 29.3 Å². The van der Waals surface area contributed by atoms with E-state index in [2.05, 4.69) is 16.7 Å². The van der Waals surface area contributed by atoms with Crippen LogP contribution in [0.4, 0.5) is 0 Å². The molecule has 2 rings (SSSR count). The highest BCUT2D eigenvalue weighted by Crippen LogP contribution is 2.15. The van der Waals surface area contributed by atoms with Crippen LogP contribution in [0.15, 0.2) is 18.2 Å². The lowest BCUT2D eigenvalue weighted by Crippen LogP contribution is -2.44. The number of carbonyl (C=O) groups is 1. The molecule has 5 nitrogen and oxygen atoms in total. The zero-order valence-electron chi connectivity index (χ0n) is 12.8. The third-order valence-electron chi connectivity index (χ3n) is 3.32. The summed E-state index contributed by atoms with van der Waals surface area (Å²) in [7, 11) is 0. The zero-order valence-corrected chi connectivity index (χ0v) is 12.8. The molecule has 21 heavy (non-hydrogen) atoms. The second-order valence-electron chi connectivity index (χ2n) is 5.45. The summed E-state index contributed by atoms with van der Waals surface area (Å²) in [6, 6.07) is 6.23. The number of nitrogens with one attached hydrogen (secondary N) is 2. The average Bonchev–Trinajstić information content (AvgIpc) is 2.44. The Morgan fingerprint density at radius 2 is 2.14 bits per heavy atom. The second-order valence-corrected chi connectivity index (χ2v) is 5.45. The van der Waals surface area contributed by atoms with Crippen molar-refractivity contribution < 1.29 is 14.3 Å². The first-order chi connectivity index (χ1) is 10.1. The van der Waals surface area contributed by atoms with Crippen molar-refractivity contribution in [1.29, 1.82) is 0 Å². The highest BCUT2D eigenvalue weighted by atomic mass is 16.5. The minimum Gasteiger partial charge on any atom is -0.492 e. The van der Waals surface area contributed by atoms with E-state index in [1.807, 2.05) is 26.0 Å². The molecule has 1 heterocycles. The molecule has 5 heteroatoms. The van der Waals surface area contributed by atoms with E-state index in [4.69, 9.17) is 9.47 Å². The number of hydrogen-bond donors (Lipinski definition) is 2. The molecule has 0 radical (unpaired) electrons. The maximum absolute atomic E-state index is 11.8. The molecule has 1 atom stereocenters. The third-order valence-corrected chi connectivity index (χ3v) is 3.32. The number of amides is 1. The van der Waals surface area contributed by atoms with E-state index in [0.717, 1.165) is 18.9 Å². The van der Waals surface area contributed by atoms with Crippen LogP contribution in [0.1, 0.15) is 17.5 Å². The summed E-state index contributed by atoms with van der Waals surface area (Å²) >= 11 is 0. The van der Waals surface area contributed by atoms with Gasteiger partial charge in [0.2, 0.25) is 5.91 Å². The number of hydrogen-bond acceptors (Lipinski definition) is 4. The molecule has 1 aromatic rings. The standard InChI is InChI=1S/C16H24N2O3/c1-12-7-13(2)9-15(8-12)21-6-4-18-16(19)10-14-11-20-5-3-17-14/h7-9,14,17H,3-6,10-11H2,1-2H3,(H,18,19). The first-order valence-electron chi connectivity index (χ1n) is 7.42. The van der Waals surface area contributed by atoms with Gasteiger partial charge in [0, 0.05) is 19.0 Å². The summed E-state index contributed by atoms with van der Waals surface area (Å²) in [5, 5.41) is 6.13. The molecule has 0 spiro atoms. The van der Waals surface area contributed by atoms with Crippen molar-refractivity contribution in [3.8, 4) is 5.75 Å².